The summed E-state index contributed by atoms with van der Waals surface area (Å²) < 4.78 is 5.44. The van der Waals surface area contributed by atoms with Crippen molar-refractivity contribution in [3.63, 3.8) is 0 Å². The topological polar surface area (TPSA) is 62.8 Å². The van der Waals surface area contributed by atoms with Crippen LogP contribution >= 0.6 is 11.8 Å². The van der Waals surface area contributed by atoms with Crippen molar-refractivity contribution < 1.29 is 4.74 Å². The molecular weight excluding hydrogens is 260 g/mol. The standard InChI is InChI=1S/C13H18N4OS/c1-3-18-11-6-4-10(5-7-11)12(14-2)8-19-13-15-9-16-17-13/h4-7,9,12,14H,3,8H2,1-2H3,(H,15,16,17). The molecule has 2 N–H and O–H groups in total. The normalized spacial score (nSPS) is 12.3. The molecule has 102 valence electrons. The van der Waals surface area contributed by atoms with Gasteiger partial charge >= 0.3 is 0 Å². The van der Waals surface area contributed by atoms with Crippen LogP contribution in [-0.2, 0) is 0 Å². The van der Waals surface area contributed by atoms with Crippen LogP contribution in [0.15, 0.2) is 35.7 Å². The molecule has 1 aromatic heterocycles. The highest BCUT2D eigenvalue weighted by molar-refractivity contribution is 7.99. The molecule has 5 nitrogen and oxygen atoms in total. The Balaban J connectivity index is 1.96. The van der Waals surface area contributed by atoms with Crippen LogP contribution in [0.25, 0.3) is 0 Å². The molecule has 0 spiro atoms. The van der Waals surface area contributed by atoms with Gasteiger partial charge in [0.2, 0.25) is 0 Å². The molecule has 0 radical (unpaired) electrons. The molecule has 0 saturated heterocycles. The van der Waals surface area contributed by atoms with E-state index in [1.54, 1.807) is 11.8 Å². The molecule has 1 aromatic carbocycles. The van der Waals surface area contributed by atoms with Crippen molar-refractivity contribution in [1.82, 2.24) is 20.5 Å². The van der Waals surface area contributed by atoms with Gasteiger partial charge in [-0.05, 0) is 31.7 Å². The average Bonchev–Trinajstić information content (AvgIpc) is 2.95. The van der Waals surface area contributed by atoms with Crippen LogP contribution in [0.3, 0.4) is 0 Å². The maximum atomic E-state index is 5.44. The van der Waals surface area contributed by atoms with Crippen molar-refractivity contribution in [2.45, 2.75) is 18.1 Å². The number of hydrogen-bond donors (Lipinski definition) is 2. The monoisotopic (exact) mass is 278 g/mol. The van der Waals surface area contributed by atoms with Crippen LogP contribution in [0.4, 0.5) is 0 Å². The molecule has 0 aliphatic carbocycles. The van der Waals surface area contributed by atoms with Gasteiger partial charge in [0.05, 0.1) is 6.61 Å². The largest absolute Gasteiger partial charge is 0.494 e. The summed E-state index contributed by atoms with van der Waals surface area (Å²) in [5, 5.41) is 10.8. The predicted octanol–water partition coefficient (Wildman–Crippen LogP) is 2.26. The highest BCUT2D eigenvalue weighted by Gasteiger charge is 2.10. The Morgan fingerprint density at radius 3 is 2.74 bits per heavy atom. The number of ether oxygens (including phenoxy) is 1. The Morgan fingerprint density at radius 2 is 2.16 bits per heavy atom. The third-order valence-corrected chi connectivity index (χ3v) is 3.69. The fraction of sp³-hybridized carbons (Fsp3) is 0.385. The Labute approximate surface area is 117 Å². The van der Waals surface area contributed by atoms with Gasteiger partial charge < -0.3 is 10.1 Å². The van der Waals surface area contributed by atoms with Gasteiger partial charge in [-0.15, -0.1) is 0 Å². The fourth-order valence-electron chi connectivity index (χ4n) is 1.74. The molecule has 6 heteroatoms. The molecule has 19 heavy (non-hydrogen) atoms. The second-order valence-corrected chi connectivity index (χ2v) is 4.95. The summed E-state index contributed by atoms with van der Waals surface area (Å²) in [6.07, 6.45) is 1.52. The summed E-state index contributed by atoms with van der Waals surface area (Å²) in [6, 6.07) is 8.45. The minimum atomic E-state index is 0.269. The molecule has 1 heterocycles. The van der Waals surface area contributed by atoms with Crippen LogP contribution in [0.2, 0.25) is 0 Å². The summed E-state index contributed by atoms with van der Waals surface area (Å²) in [5.74, 6) is 1.80. The molecule has 2 rings (SSSR count). The van der Waals surface area contributed by atoms with E-state index < -0.39 is 0 Å². The molecule has 2 aromatic rings. The van der Waals surface area contributed by atoms with E-state index >= 15 is 0 Å². The summed E-state index contributed by atoms with van der Waals surface area (Å²) in [5.41, 5.74) is 1.23. The predicted molar refractivity (Wildman–Crippen MR) is 76.5 cm³/mol. The van der Waals surface area contributed by atoms with Crippen molar-refractivity contribution in [3.05, 3.63) is 36.2 Å². The van der Waals surface area contributed by atoms with Crippen LogP contribution in [0.1, 0.15) is 18.5 Å². The summed E-state index contributed by atoms with van der Waals surface area (Å²) in [6.45, 7) is 2.68. The molecular formula is C13H18N4OS. The number of benzene rings is 1. The third-order valence-electron chi connectivity index (χ3n) is 2.72. The fourth-order valence-corrected chi connectivity index (χ4v) is 2.66. The Morgan fingerprint density at radius 1 is 1.37 bits per heavy atom. The van der Waals surface area contributed by atoms with E-state index in [4.69, 9.17) is 4.74 Å². The van der Waals surface area contributed by atoms with Gasteiger partial charge in [-0.1, -0.05) is 23.9 Å². The smallest absolute Gasteiger partial charge is 0.183 e. The number of aromatic nitrogens is 3. The average molecular weight is 278 g/mol. The lowest BCUT2D eigenvalue weighted by atomic mass is 10.1. The van der Waals surface area contributed by atoms with E-state index in [0.29, 0.717) is 6.61 Å². The Hall–Kier alpha value is -1.53. The number of thioether (sulfide) groups is 1. The van der Waals surface area contributed by atoms with Crippen LogP contribution < -0.4 is 10.1 Å². The first-order valence-corrected chi connectivity index (χ1v) is 7.20. The molecule has 0 saturated carbocycles. The summed E-state index contributed by atoms with van der Waals surface area (Å²) in [7, 11) is 1.96. The van der Waals surface area contributed by atoms with Crippen molar-refractivity contribution in [2.75, 3.05) is 19.4 Å². The highest BCUT2D eigenvalue weighted by atomic mass is 32.2. The van der Waals surface area contributed by atoms with Gasteiger partial charge in [-0.2, -0.15) is 5.10 Å². The second-order valence-electron chi connectivity index (χ2n) is 3.94. The van der Waals surface area contributed by atoms with Crippen molar-refractivity contribution >= 4 is 11.8 Å². The molecule has 0 fully saturated rings. The highest BCUT2D eigenvalue weighted by Crippen LogP contribution is 2.23. The number of nitrogens with one attached hydrogen (secondary N) is 2. The number of hydrogen-bond acceptors (Lipinski definition) is 5. The number of aromatic amines is 1. The Kier molecular flexibility index (Phi) is 5.23. The minimum absolute atomic E-state index is 0.269. The van der Waals surface area contributed by atoms with Crippen LogP contribution in [0.5, 0.6) is 5.75 Å². The molecule has 0 aliphatic rings. The quantitative estimate of drug-likeness (QED) is 0.761. The first kappa shape index (κ1) is 13.9. The number of rotatable bonds is 7. The zero-order chi connectivity index (χ0) is 13.5. The lowest BCUT2D eigenvalue weighted by Gasteiger charge is -2.16. The lowest BCUT2D eigenvalue weighted by Crippen LogP contribution is -2.18. The zero-order valence-electron chi connectivity index (χ0n) is 11.1. The van der Waals surface area contributed by atoms with E-state index in [1.807, 2.05) is 26.1 Å². The molecule has 0 aliphatic heterocycles. The van der Waals surface area contributed by atoms with E-state index in [-0.39, 0.29) is 6.04 Å². The first-order chi connectivity index (χ1) is 9.33. The Bertz CT molecular complexity index is 472. The van der Waals surface area contributed by atoms with E-state index in [1.165, 1.54) is 11.9 Å². The molecule has 0 bridgehead atoms. The molecule has 0 amide bonds. The lowest BCUT2D eigenvalue weighted by molar-refractivity contribution is 0.340. The van der Waals surface area contributed by atoms with Gasteiger partial charge in [0.1, 0.15) is 12.1 Å². The van der Waals surface area contributed by atoms with Gasteiger partial charge in [0, 0.05) is 11.8 Å². The summed E-state index contributed by atoms with van der Waals surface area (Å²) in [4.78, 5) is 4.10. The van der Waals surface area contributed by atoms with Crippen LogP contribution in [0, 0.1) is 0 Å². The van der Waals surface area contributed by atoms with Gasteiger partial charge in [-0.3, -0.25) is 5.10 Å². The summed E-state index contributed by atoms with van der Waals surface area (Å²) >= 11 is 1.65. The first-order valence-electron chi connectivity index (χ1n) is 6.21. The van der Waals surface area contributed by atoms with Gasteiger partial charge in [0.25, 0.3) is 0 Å². The van der Waals surface area contributed by atoms with E-state index in [9.17, 15) is 0 Å². The maximum absolute atomic E-state index is 5.44. The van der Waals surface area contributed by atoms with E-state index in [0.717, 1.165) is 16.7 Å². The minimum Gasteiger partial charge on any atom is -0.494 e. The van der Waals surface area contributed by atoms with Crippen molar-refractivity contribution in [1.29, 1.82) is 0 Å². The number of nitrogens with zero attached hydrogens (tertiary/aromatic N) is 2. The van der Waals surface area contributed by atoms with Crippen molar-refractivity contribution in [3.8, 4) is 5.75 Å². The number of H-pyrrole nitrogens is 1. The molecule has 1 atom stereocenters. The van der Waals surface area contributed by atoms with Crippen LogP contribution in [-0.4, -0.2) is 34.6 Å². The van der Waals surface area contributed by atoms with Gasteiger partial charge in [0.15, 0.2) is 5.16 Å². The van der Waals surface area contributed by atoms with Gasteiger partial charge in [-0.25, -0.2) is 4.98 Å². The van der Waals surface area contributed by atoms with Crippen molar-refractivity contribution in [2.24, 2.45) is 0 Å². The second kappa shape index (κ2) is 7.16. The van der Waals surface area contributed by atoms with E-state index in [2.05, 4.69) is 32.6 Å². The molecule has 1 unspecified atom stereocenters. The SMILES string of the molecule is CCOc1ccc(C(CSc2ncn[nH]2)NC)cc1. The zero-order valence-corrected chi connectivity index (χ0v) is 11.9. The maximum Gasteiger partial charge on any atom is 0.183 e. The third kappa shape index (κ3) is 3.97.